The number of aryl methyl sites for hydroxylation is 1. The number of nitrogens with zero attached hydrogens (tertiary/aromatic N) is 5. The third-order valence-corrected chi connectivity index (χ3v) is 7.14. The van der Waals surface area contributed by atoms with E-state index in [1.807, 2.05) is 43.1 Å². The van der Waals surface area contributed by atoms with Crippen LogP contribution in [0.3, 0.4) is 0 Å². The highest BCUT2D eigenvalue weighted by Gasteiger charge is 2.24. The van der Waals surface area contributed by atoms with E-state index in [2.05, 4.69) is 65.2 Å². The van der Waals surface area contributed by atoms with Crippen molar-refractivity contribution in [3.63, 3.8) is 0 Å². The number of esters is 1. The number of benzene rings is 1. The van der Waals surface area contributed by atoms with Crippen LogP contribution in [0.15, 0.2) is 71.1 Å². The first kappa shape index (κ1) is 30.4. The fourth-order valence-electron chi connectivity index (χ4n) is 4.10. The number of ether oxygens (including phenoxy) is 1. The highest BCUT2D eigenvalue weighted by molar-refractivity contribution is 7.98. The highest BCUT2D eigenvalue weighted by Crippen LogP contribution is 2.26. The number of hydrogen-bond donors (Lipinski definition) is 1. The van der Waals surface area contributed by atoms with Crippen molar-refractivity contribution in [1.29, 1.82) is 0 Å². The van der Waals surface area contributed by atoms with E-state index in [4.69, 9.17) is 4.74 Å². The van der Waals surface area contributed by atoms with Gasteiger partial charge in [-0.2, -0.15) is 5.10 Å². The van der Waals surface area contributed by atoms with Gasteiger partial charge in [0, 0.05) is 17.9 Å². The summed E-state index contributed by atoms with van der Waals surface area (Å²) in [7, 11) is 2.42. The number of H-pyrrole nitrogens is 1. The summed E-state index contributed by atoms with van der Waals surface area (Å²) in [4.78, 5) is 29.7. The molecule has 0 amide bonds. The molecule has 2 atom stereocenters. The predicted octanol–water partition coefficient (Wildman–Crippen LogP) is 6.01. The molecule has 1 aliphatic carbocycles. The summed E-state index contributed by atoms with van der Waals surface area (Å²) in [5, 5.41) is 8.60. The Bertz CT molecular complexity index is 1300. The first-order valence-electron chi connectivity index (χ1n) is 13.1. The minimum atomic E-state index is -0.630. The molecule has 1 fully saturated rings. The Morgan fingerprint density at radius 2 is 1.85 bits per heavy atom. The second kappa shape index (κ2) is 16.7. The summed E-state index contributed by atoms with van der Waals surface area (Å²) >= 11 is 1.57. The number of carbonyl (C=O) groups is 1. The van der Waals surface area contributed by atoms with Crippen molar-refractivity contribution in [3.8, 4) is 0 Å². The van der Waals surface area contributed by atoms with E-state index in [9.17, 15) is 4.79 Å². The average molecular weight is 565 g/mol. The van der Waals surface area contributed by atoms with Gasteiger partial charge < -0.3 is 4.74 Å². The largest absolute Gasteiger partial charge is 0.461 e. The van der Waals surface area contributed by atoms with Gasteiger partial charge in [0.15, 0.2) is 11.7 Å². The van der Waals surface area contributed by atoms with E-state index < -0.39 is 6.04 Å². The maximum absolute atomic E-state index is 12.5. The summed E-state index contributed by atoms with van der Waals surface area (Å²) in [6, 6.07) is 15.4. The second-order valence-electron chi connectivity index (χ2n) is 8.97. The van der Waals surface area contributed by atoms with Crippen molar-refractivity contribution in [2.75, 3.05) is 6.66 Å². The average Bonchev–Trinajstić information content (AvgIpc) is 3.47. The lowest BCUT2D eigenvalue weighted by atomic mass is 9.98. The molecule has 0 radical (unpaired) electrons. The molecule has 4 aromatic rings. The van der Waals surface area contributed by atoms with Gasteiger partial charge in [0.1, 0.15) is 17.5 Å². The van der Waals surface area contributed by atoms with E-state index >= 15 is 0 Å². The van der Waals surface area contributed by atoms with Gasteiger partial charge in [0.2, 0.25) is 0 Å². The van der Waals surface area contributed by atoms with Crippen molar-refractivity contribution in [3.05, 3.63) is 78.0 Å². The van der Waals surface area contributed by atoms with Gasteiger partial charge in [-0.05, 0) is 51.5 Å². The summed E-state index contributed by atoms with van der Waals surface area (Å²) < 4.78 is 5.66. The van der Waals surface area contributed by atoms with Crippen LogP contribution in [0.2, 0.25) is 0 Å². The van der Waals surface area contributed by atoms with Crippen molar-refractivity contribution in [2.24, 2.45) is 4.99 Å². The van der Waals surface area contributed by atoms with Crippen molar-refractivity contribution in [1.82, 2.24) is 25.1 Å². The Balaban J connectivity index is 0.000000401. The molecule has 1 N–H and O–H groups in total. The molecule has 3 aromatic heterocycles. The van der Waals surface area contributed by atoms with Crippen LogP contribution in [0.5, 0.6) is 0 Å². The molecule has 39 heavy (non-hydrogen) atoms. The third-order valence-electron chi connectivity index (χ3n) is 6.10. The fourth-order valence-corrected chi connectivity index (χ4v) is 4.98. The van der Waals surface area contributed by atoms with Crippen molar-refractivity contribution >= 4 is 44.7 Å². The molecule has 1 aromatic carbocycles. The van der Waals surface area contributed by atoms with E-state index in [1.165, 1.54) is 18.3 Å². The van der Waals surface area contributed by atoms with Crippen LogP contribution >= 0.6 is 21.0 Å². The SMILES string of the molecule is C=NC(Cc1cccc(CSc2ncnc3[nH]ncc23)n1)C(=O)OC1CCCCC1.CP.Cc1ccccc1. The number of aliphatic imine (C=N–C) groups is 1. The van der Waals surface area contributed by atoms with Crippen LogP contribution in [-0.2, 0) is 21.7 Å². The summed E-state index contributed by atoms with van der Waals surface area (Å²) in [5.41, 5.74) is 3.73. The van der Waals surface area contributed by atoms with Gasteiger partial charge in [-0.3, -0.25) is 15.1 Å². The number of thioether (sulfide) groups is 1. The molecule has 2 unspecified atom stereocenters. The number of rotatable bonds is 8. The standard InChI is InChI=1S/C21H24N6O2S.C7H8.CH5P/c1-22-18(21(28)29-16-8-3-2-4-9-16)10-14-6-5-7-15(26-14)12-30-20-17-11-25-27-19(17)23-13-24-20;1-7-5-3-2-4-6-7;1-2/h5-7,11,13,16,18H,1-4,8-10,12H2,(H,23,24,25,27);2-6H,1H3;2H2,1H3. The molecule has 0 saturated heterocycles. The quantitative estimate of drug-likeness (QED) is 0.0918. The van der Waals surface area contributed by atoms with Crippen LogP contribution < -0.4 is 0 Å². The zero-order valence-corrected chi connectivity index (χ0v) is 24.6. The molecule has 0 aliphatic heterocycles. The third kappa shape index (κ3) is 9.83. The van der Waals surface area contributed by atoms with E-state index in [0.717, 1.165) is 47.5 Å². The van der Waals surface area contributed by atoms with E-state index in [-0.39, 0.29) is 12.1 Å². The van der Waals surface area contributed by atoms with Crippen LogP contribution in [0.25, 0.3) is 11.0 Å². The Kier molecular flexibility index (Phi) is 13.0. The molecule has 5 rings (SSSR count). The number of pyridine rings is 1. The van der Waals surface area contributed by atoms with Crippen LogP contribution in [-0.4, -0.2) is 56.6 Å². The topological polar surface area (TPSA) is 106 Å². The first-order valence-corrected chi connectivity index (χ1v) is 15.2. The van der Waals surface area contributed by atoms with Crippen molar-refractivity contribution < 1.29 is 9.53 Å². The van der Waals surface area contributed by atoms with E-state index in [1.54, 1.807) is 18.0 Å². The number of aromatic amines is 1. The lowest BCUT2D eigenvalue weighted by molar-refractivity contribution is -0.152. The fraction of sp³-hybridized carbons (Fsp3) is 0.379. The Morgan fingerprint density at radius 3 is 2.54 bits per heavy atom. The second-order valence-corrected chi connectivity index (χ2v) is 9.94. The minimum Gasteiger partial charge on any atom is -0.461 e. The van der Waals surface area contributed by atoms with Gasteiger partial charge in [0.05, 0.1) is 17.3 Å². The zero-order valence-electron chi connectivity index (χ0n) is 22.6. The monoisotopic (exact) mass is 564 g/mol. The molecule has 1 aliphatic rings. The lowest BCUT2D eigenvalue weighted by Crippen LogP contribution is -2.29. The van der Waals surface area contributed by atoms with Gasteiger partial charge in [-0.15, -0.1) is 9.24 Å². The normalized spacial score (nSPS) is 13.8. The highest BCUT2D eigenvalue weighted by atomic mass is 32.2. The molecule has 0 spiro atoms. The Hall–Kier alpha value is -3.16. The van der Waals surface area contributed by atoms with Gasteiger partial charge in [-0.1, -0.05) is 66.8 Å². The minimum absolute atomic E-state index is 0.0128. The Morgan fingerprint density at radius 1 is 1.10 bits per heavy atom. The van der Waals surface area contributed by atoms with Gasteiger partial charge in [0.25, 0.3) is 0 Å². The predicted molar refractivity (Wildman–Crippen MR) is 162 cm³/mol. The number of carbonyl (C=O) groups excluding carboxylic acids is 1. The van der Waals surface area contributed by atoms with Gasteiger partial charge >= 0.3 is 5.97 Å². The number of nitrogens with one attached hydrogen (secondary N) is 1. The van der Waals surface area contributed by atoms with Crippen LogP contribution in [0.1, 0.15) is 49.1 Å². The smallest absolute Gasteiger partial charge is 0.331 e. The van der Waals surface area contributed by atoms with E-state index in [0.29, 0.717) is 17.8 Å². The lowest BCUT2D eigenvalue weighted by Gasteiger charge is -2.23. The molecular weight excluding hydrogens is 527 g/mol. The molecular formula is C29H37N6O2PS. The van der Waals surface area contributed by atoms with Crippen LogP contribution in [0, 0.1) is 6.92 Å². The number of fused-ring (bicyclic) bond motifs is 1. The number of aromatic nitrogens is 5. The molecule has 8 nitrogen and oxygen atoms in total. The Labute approximate surface area is 237 Å². The molecule has 10 heteroatoms. The number of hydrogen-bond acceptors (Lipinski definition) is 8. The van der Waals surface area contributed by atoms with Crippen LogP contribution in [0.4, 0.5) is 0 Å². The molecule has 3 heterocycles. The zero-order chi connectivity index (χ0) is 27.9. The molecule has 0 bridgehead atoms. The molecule has 206 valence electrons. The first-order chi connectivity index (χ1) is 19.1. The summed E-state index contributed by atoms with van der Waals surface area (Å²) in [6.45, 7) is 7.59. The summed E-state index contributed by atoms with van der Waals surface area (Å²) in [5.74, 6) is 0.339. The van der Waals surface area contributed by atoms with Gasteiger partial charge in [-0.25, -0.2) is 14.8 Å². The van der Waals surface area contributed by atoms with Crippen molar-refractivity contribution in [2.45, 2.75) is 68.4 Å². The molecule has 1 saturated carbocycles. The summed E-state index contributed by atoms with van der Waals surface area (Å²) in [6.07, 6.45) is 8.95. The maximum Gasteiger partial charge on any atom is 0.331 e. The maximum atomic E-state index is 12.5.